The number of rotatable bonds is 4. The third-order valence-electron chi connectivity index (χ3n) is 4.61. The highest BCUT2D eigenvalue weighted by molar-refractivity contribution is 5.69. The van der Waals surface area contributed by atoms with E-state index in [1.807, 2.05) is 10.7 Å². The quantitative estimate of drug-likeness (QED) is 0.901. The summed E-state index contributed by atoms with van der Waals surface area (Å²) >= 11 is 0. The van der Waals surface area contributed by atoms with Crippen molar-refractivity contribution in [1.29, 1.82) is 0 Å². The SMILES string of the molecule is CC[C@@H]1CN(c2cc(=O)n(C)n3cc(COC)nc23)[C@@H](C)CN1. The normalized spacial score (nSPS) is 22.0. The molecular formula is C16H25N5O2. The summed E-state index contributed by atoms with van der Waals surface area (Å²) in [6, 6.07) is 2.45. The van der Waals surface area contributed by atoms with E-state index in [1.165, 1.54) is 0 Å². The average Bonchev–Trinajstić information content (AvgIpc) is 2.96. The monoisotopic (exact) mass is 319 g/mol. The Morgan fingerprint density at radius 2 is 2.26 bits per heavy atom. The lowest BCUT2D eigenvalue weighted by molar-refractivity contribution is 0.182. The van der Waals surface area contributed by atoms with Crippen molar-refractivity contribution in [2.75, 3.05) is 25.1 Å². The number of aromatic nitrogens is 3. The van der Waals surface area contributed by atoms with Gasteiger partial charge in [-0.15, -0.1) is 0 Å². The molecule has 7 heteroatoms. The Morgan fingerprint density at radius 1 is 1.48 bits per heavy atom. The molecule has 2 aromatic rings. The summed E-state index contributed by atoms with van der Waals surface area (Å²) < 4.78 is 8.58. The fourth-order valence-electron chi connectivity index (χ4n) is 3.17. The first kappa shape index (κ1) is 16.0. The lowest BCUT2D eigenvalue weighted by atomic mass is 10.1. The van der Waals surface area contributed by atoms with Crippen LogP contribution in [0.2, 0.25) is 0 Å². The maximum atomic E-state index is 12.4. The van der Waals surface area contributed by atoms with Crippen LogP contribution in [-0.4, -0.2) is 46.5 Å². The molecular weight excluding hydrogens is 294 g/mol. The molecule has 7 nitrogen and oxygen atoms in total. The molecule has 0 spiro atoms. The Labute approximate surface area is 135 Å². The van der Waals surface area contributed by atoms with Crippen LogP contribution in [0.4, 0.5) is 5.69 Å². The molecule has 0 aromatic carbocycles. The molecule has 3 heterocycles. The second-order valence-electron chi connectivity index (χ2n) is 6.24. The average molecular weight is 319 g/mol. The number of ether oxygens (including phenoxy) is 1. The molecule has 0 unspecified atom stereocenters. The van der Waals surface area contributed by atoms with Crippen LogP contribution in [0.25, 0.3) is 5.65 Å². The molecule has 2 aromatic heterocycles. The van der Waals surface area contributed by atoms with Crippen LogP contribution in [0.1, 0.15) is 26.0 Å². The van der Waals surface area contributed by atoms with Crippen molar-refractivity contribution in [3.8, 4) is 0 Å². The number of nitrogens with zero attached hydrogens (tertiary/aromatic N) is 4. The molecule has 0 saturated carbocycles. The van der Waals surface area contributed by atoms with Gasteiger partial charge in [-0.1, -0.05) is 6.92 Å². The molecule has 1 aliphatic heterocycles. The Hall–Kier alpha value is -1.86. The zero-order chi connectivity index (χ0) is 16.6. The van der Waals surface area contributed by atoms with Crippen molar-refractivity contribution in [2.45, 2.75) is 39.0 Å². The molecule has 1 N–H and O–H groups in total. The maximum Gasteiger partial charge on any atom is 0.267 e. The van der Waals surface area contributed by atoms with Gasteiger partial charge in [0.25, 0.3) is 5.56 Å². The molecule has 126 valence electrons. The second-order valence-corrected chi connectivity index (χ2v) is 6.24. The standard InChI is InChI=1S/C16H25N5O2/c1-5-12-8-20(11(2)7-17-12)14-6-15(22)19(3)21-9-13(10-23-4)18-16(14)21/h6,9,11-12,17H,5,7-8,10H2,1-4H3/t11-,12+/m0/s1. The van der Waals surface area contributed by atoms with Crippen LogP contribution in [0.5, 0.6) is 0 Å². The summed E-state index contributed by atoms with van der Waals surface area (Å²) in [7, 11) is 3.40. The number of methoxy groups -OCH3 is 1. The van der Waals surface area contributed by atoms with Gasteiger partial charge in [0, 0.05) is 45.4 Å². The van der Waals surface area contributed by atoms with E-state index in [0.29, 0.717) is 18.7 Å². The zero-order valence-corrected chi connectivity index (χ0v) is 14.2. The number of fused-ring (bicyclic) bond motifs is 1. The molecule has 3 rings (SSSR count). The molecule has 1 aliphatic rings. The van der Waals surface area contributed by atoms with Crippen molar-refractivity contribution < 1.29 is 4.74 Å². The lowest BCUT2D eigenvalue weighted by Gasteiger charge is -2.40. The van der Waals surface area contributed by atoms with Crippen molar-refractivity contribution in [1.82, 2.24) is 19.5 Å². The Morgan fingerprint density at radius 3 is 2.96 bits per heavy atom. The van der Waals surface area contributed by atoms with Gasteiger partial charge >= 0.3 is 0 Å². The first-order valence-corrected chi connectivity index (χ1v) is 8.12. The van der Waals surface area contributed by atoms with E-state index >= 15 is 0 Å². The van der Waals surface area contributed by atoms with Crippen LogP contribution in [0, 0.1) is 0 Å². The van der Waals surface area contributed by atoms with Gasteiger partial charge in [0.05, 0.1) is 24.2 Å². The summed E-state index contributed by atoms with van der Waals surface area (Å²) in [6.07, 6.45) is 2.93. The first-order valence-electron chi connectivity index (χ1n) is 8.12. The van der Waals surface area contributed by atoms with Crippen molar-refractivity contribution in [3.05, 3.63) is 28.3 Å². The van der Waals surface area contributed by atoms with Crippen LogP contribution in [0.3, 0.4) is 0 Å². The van der Waals surface area contributed by atoms with Crippen molar-refractivity contribution >= 4 is 11.3 Å². The number of nitrogens with one attached hydrogen (secondary N) is 1. The topological polar surface area (TPSA) is 63.8 Å². The molecule has 0 radical (unpaired) electrons. The van der Waals surface area contributed by atoms with E-state index in [2.05, 4.69) is 29.0 Å². The van der Waals surface area contributed by atoms with E-state index < -0.39 is 0 Å². The predicted octanol–water partition coefficient (Wildman–Crippen LogP) is 0.756. The number of hydrogen-bond acceptors (Lipinski definition) is 5. The Bertz CT molecular complexity index is 751. The maximum absolute atomic E-state index is 12.4. The minimum Gasteiger partial charge on any atom is -0.378 e. The van der Waals surface area contributed by atoms with Crippen LogP contribution in [0.15, 0.2) is 17.1 Å². The third kappa shape index (κ3) is 2.86. The largest absolute Gasteiger partial charge is 0.378 e. The van der Waals surface area contributed by atoms with Gasteiger partial charge in [0.15, 0.2) is 5.65 Å². The van der Waals surface area contributed by atoms with Gasteiger partial charge < -0.3 is 15.0 Å². The number of piperazine rings is 1. The van der Waals surface area contributed by atoms with Crippen LogP contribution < -0.4 is 15.8 Å². The summed E-state index contributed by atoms with van der Waals surface area (Å²) in [5.41, 5.74) is 2.50. The third-order valence-corrected chi connectivity index (χ3v) is 4.61. The summed E-state index contributed by atoms with van der Waals surface area (Å²) in [4.78, 5) is 19.3. The van der Waals surface area contributed by atoms with Crippen molar-refractivity contribution in [3.63, 3.8) is 0 Å². The summed E-state index contributed by atoms with van der Waals surface area (Å²) in [6.45, 7) is 6.58. The Kier molecular flexibility index (Phi) is 4.41. The minimum absolute atomic E-state index is 0.0346. The molecule has 2 atom stereocenters. The fourth-order valence-corrected chi connectivity index (χ4v) is 3.17. The fraction of sp³-hybridized carbons (Fsp3) is 0.625. The Balaban J connectivity index is 2.12. The van der Waals surface area contributed by atoms with E-state index in [-0.39, 0.29) is 5.56 Å². The second kappa shape index (κ2) is 6.33. The molecule has 0 amide bonds. The highest BCUT2D eigenvalue weighted by atomic mass is 16.5. The molecule has 0 aliphatic carbocycles. The number of aryl methyl sites for hydroxylation is 1. The van der Waals surface area contributed by atoms with Gasteiger partial charge in [-0.2, -0.15) is 0 Å². The molecule has 1 fully saturated rings. The number of anilines is 1. The van der Waals surface area contributed by atoms with Gasteiger partial charge in [0.2, 0.25) is 0 Å². The molecule has 1 saturated heterocycles. The zero-order valence-electron chi connectivity index (χ0n) is 14.2. The van der Waals surface area contributed by atoms with E-state index in [9.17, 15) is 4.79 Å². The van der Waals surface area contributed by atoms with E-state index in [0.717, 1.165) is 36.5 Å². The lowest BCUT2D eigenvalue weighted by Crippen LogP contribution is -2.55. The van der Waals surface area contributed by atoms with E-state index in [4.69, 9.17) is 4.74 Å². The molecule has 0 bridgehead atoms. The van der Waals surface area contributed by atoms with Gasteiger partial charge in [-0.05, 0) is 13.3 Å². The highest BCUT2D eigenvalue weighted by Crippen LogP contribution is 2.24. The van der Waals surface area contributed by atoms with Crippen molar-refractivity contribution in [2.24, 2.45) is 7.05 Å². The summed E-state index contributed by atoms with van der Waals surface area (Å²) in [5, 5.41) is 3.55. The van der Waals surface area contributed by atoms with Gasteiger partial charge in [-0.25, -0.2) is 14.2 Å². The van der Waals surface area contributed by atoms with Crippen LogP contribution in [-0.2, 0) is 18.4 Å². The predicted molar refractivity (Wildman–Crippen MR) is 90.0 cm³/mol. The summed E-state index contributed by atoms with van der Waals surface area (Å²) in [5.74, 6) is 0. The van der Waals surface area contributed by atoms with E-state index in [1.54, 1.807) is 24.9 Å². The number of imidazole rings is 1. The molecule has 23 heavy (non-hydrogen) atoms. The highest BCUT2D eigenvalue weighted by Gasteiger charge is 2.27. The van der Waals surface area contributed by atoms with Gasteiger partial charge in [0.1, 0.15) is 0 Å². The van der Waals surface area contributed by atoms with Crippen LogP contribution >= 0.6 is 0 Å². The first-order chi connectivity index (χ1) is 11.0. The smallest absolute Gasteiger partial charge is 0.267 e. The number of hydrogen-bond donors (Lipinski definition) is 1. The minimum atomic E-state index is -0.0346. The van der Waals surface area contributed by atoms with Gasteiger partial charge in [-0.3, -0.25) is 4.79 Å².